The molecule has 1 heterocycles. The summed E-state index contributed by atoms with van der Waals surface area (Å²) in [6, 6.07) is 4.81. The van der Waals surface area contributed by atoms with Gasteiger partial charge in [0.15, 0.2) is 0 Å². The Kier molecular flexibility index (Phi) is 5.99. The number of hydrogen-bond donors (Lipinski definition) is 1. The summed E-state index contributed by atoms with van der Waals surface area (Å²) in [6.45, 7) is 9.40. The number of hydrogen-bond acceptors (Lipinski definition) is 4. The average Bonchev–Trinajstić information content (AvgIpc) is 3.22. The zero-order valence-electron chi connectivity index (χ0n) is 19.2. The van der Waals surface area contributed by atoms with Crippen LogP contribution in [0.4, 0.5) is 0 Å². The Hall–Kier alpha value is -1.45. The quantitative estimate of drug-likeness (QED) is 0.653. The molecule has 9 heteroatoms. The topological polar surface area (TPSA) is 86.8 Å². The molecule has 3 atom stereocenters. The van der Waals surface area contributed by atoms with Crippen molar-refractivity contribution >= 4 is 37.8 Å². The van der Waals surface area contributed by atoms with Crippen LogP contribution in [0.2, 0.25) is 0 Å². The summed E-state index contributed by atoms with van der Waals surface area (Å²) in [5.74, 6) is 0.314. The van der Waals surface area contributed by atoms with Crippen molar-refractivity contribution in [3.63, 3.8) is 0 Å². The van der Waals surface area contributed by atoms with Gasteiger partial charge in [0.25, 0.3) is 5.91 Å². The molecule has 2 aliphatic carbocycles. The van der Waals surface area contributed by atoms with Crippen LogP contribution in [-0.4, -0.2) is 61.7 Å². The van der Waals surface area contributed by atoms with E-state index in [1.807, 2.05) is 0 Å². The van der Waals surface area contributed by atoms with Crippen molar-refractivity contribution in [2.45, 2.75) is 57.9 Å². The third-order valence-electron chi connectivity index (χ3n) is 8.04. The van der Waals surface area contributed by atoms with Crippen LogP contribution in [0.3, 0.4) is 0 Å². The average molecular weight is 526 g/mol. The van der Waals surface area contributed by atoms with Gasteiger partial charge in [-0.15, -0.1) is 0 Å². The third-order valence-corrected chi connectivity index (χ3v) is 10.9. The SMILES string of the molecule is CC(=O)N1CCN(S(=O)(=O)c2cc(C(=O)NC3C4(C)CC[C@H](C4)C3(C)C)ccc2Br)CC1. The van der Waals surface area contributed by atoms with Gasteiger partial charge in [-0.05, 0) is 70.1 Å². The van der Waals surface area contributed by atoms with E-state index in [2.05, 4.69) is 42.0 Å². The molecule has 3 aliphatic rings. The molecule has 1 N–H and O–H groups in total. The van der Waals surface area contributed by atoms with E-state index in [0.29, 0.717) is 29.0 Å². The van der Waals surface area contributed by atoms with Crippen LogP contribution in [0.1, 0.15) is 57.3 Å². The lowest BCUT2D eigenvalue weighted by Gasteiger charge is -2.43. The van der Waals surface area contributed by atoms with Gasteiger partial charge in [0.05, 0.1) is 4.90 Å². The number of halogens is 1. The Labute approximate surface area is 199 Å². The van der Waals surface area contributed by atoms with Crippen LogP contribution in [0.15, 0.2) is 27.6 Å². The number of amides is 2. The highest BCUT2D eigenvalue weighted by Gasteiger charge is 2.59. The summed E-state index contributed by atoms with van der Waals surface area (Å²) in [4.78, 5) is 26.5. The molecule has 2 amide bonds. The highest BCUT2D eigenvalue weighted by atomic mass is 79.9. The van der Waals surface area contributed by atoms with E-state index in [0.717, 1.165) is 12.8 Å². The standard InChI is InChI=1S/C23H32BrN3O4S/c1-15(28)26-9-11-27(12-10-26)32(30,31)19-13-16(5-6-18(19)24)20(29)25-21-22(2,3)17-7-8-23(21,4)14-17/h5-6,13,17,21H,7-12,14H2,1-4H3,(H,25,29)/t17-,21?,23?/m1/s1. The van der Waals surface area contributed by atoms with Crippen molar-refractivity contribution in [2.75, 3.05) is 26.2 Å². The van der Waals surface area contributed by atoms with E-state index in [1.54, 1.807) is 17.0 Å². The molecule has 4 rings (SSSR count). The first-order valence-electron chi connectivity index (χ1n) is 11.2. The molecule has 3 fully saturated rings. The van der Waals surface area contributed by atoms with Crippen molar-refractivity contribution in [1.82, 2.24) is 14.5 Å². The second-order valence-corrected chi connectivity index (χ2v) is 13.1. The number of carbonyl (C=O) groups excluding carboxylic acids is 2. The Balaban J connectivity index is 1.55. The maximum atomic E-state index is 13.3. The summed E-state index contributed by atoms with van der Waals surface area (Å²) in [5, 5.41) is 3.25. The molecule has 0 radical (unpaired) electrons. The van der Waals surface area contributed by atoms with Gasteiger partial charge in [0, 0.05) is 49.2 Å². The van der Waals surface area contributed by atoms with E-state index >= 15 is 0 Å². The summed E-state index contributed by atoms with van der Waals surface area (Å²) < 4.78 is 28.5. The fourth-order valence-corrected chi connectivity index (χ4v) is 8.47. The van der Waals surface area contributed by atoms with Gasteiger partial charge in [0.2, 0.25) is 15.9 Å². The number of sulfonamides is 1. The van der Waals surface area contributed by atoms with Gasteiger partial charge < -0.3 is 10.2 Å². The van der Waals surface area contributed by atoms with Crippen molar-refractivity contribution in [3.05, 3.63) is 28.2 Å². The van der Waals surface area contributed by atoms with Gasteiger partial charge >= 0.3 is 0 Å². The fraction of sp³-hybridized carbons (Fsp3) is 0.652. The zero-order valence-corrected chi connectivity index (χ0v) is 21.6. The summed E-state index contributed by atoms with van der Waals surface area (Å²) in [6.07, 6.45) is 3.43. The summed E-state index contributed by atoms with van der Waals surface area (Å²) in [5.41, 5.74) is 0.449. The molecule has 0 aromatic heterocycles. The second-order valence-electron chi connectivity index (χ2n) is 10.4. The normalized spacial score (nSPS) is 29.8. The molecule has 1 aromatic carbocycles. The Bertz CT molecular complexity index is 1040. The second kappa shape index (κ2) is 8.09. The summed E-state index contributed by atoms with van der Waals surface area (Å²) in [7, 11) is -3.80. The van der Waals surface area contributed by atoms with Gasteiger partial charge in [-0.1, -0.05) is 20.8 Å². The minimum Gasteiger partial charge on any atom is -0.348 e. The lowest BCUT2D eigenvalue weighted by atomic mass is 9.68. The maximum Gasteiger partial charge on any atom is 0.251 e. The van der Waals surface area contributed by atoms with E-state index < -0.39 is 10.0 Å². The maximum absolute atomic E-state index is 13.3. The van der Waals surface area contributed by atoms with Crippen molar-refractivity contribution in [3.8, 4) is 0 Å². The lowest BCUT2D eigenvalue weighted by Crippen LogP contribution is -2.52. The Morgan fingerprint density at radius 1 is 1.12 bits per heavy atom. The lowest BCUT2D eigenvalue weighted by molar-refractivity contribution is -0.129. The summed E-state index contributed by atoms with van der Waals surface area (Å²) >= 11 is 3.36. The van der Waals surface area contributed by atoms with Crippen LogP contribution in [-0.2, 0) is 14.8 Å². The largest absolute Gasteiger partial charge is 0.348 e. The van der Waals surface area contributed by atoms with Crippen LogP contribution in [0.25, 0.3) is 0 Å². The van der Waals surface area contributed by atoms with E-state index in [4.69, 9.17) is 0 Å². The van der Waals surface area contributed by atoms with Gasteiger partial charge in [-0.3, -0.25) is 9.59 Å². The fourth-order valence-electron chi connectivity index (χ4n) is 6.10. The molecule has 2 bridgehead atoms. The first-order chi connectivity index (χ1) is 14.9. The molecule has 7 nitrogen and oxygen atoms in total. The predicted molar refractivity (Wildman–Crippen MR) is 126 cm³/mol. The molecule has 2 saturated carbocycles. The number of nitrogens with zero attached hydrogens (tertiary/aromatic N) is 2. The van der Waals surface area contributed by atoms with Crippen molar-refractivity contribution in [1.29, 1.82) is 0 Å². The van der Waals surface area contributed by atoms with E-state index in [-0.39, 0.29) is 46.7 Å². The smallest absolute Gasteiger partial charge is 0.251 e. The highest BCUT2D eigenvalue weighted by molar-refractivity contribution is 9.10. The van der Waals surface area contributed by atoms with Crippen molar-refractivity contribution < 1.29 is 18.0 Å². The van der Waals surface area contributed by atoms with Crippen LogP contribution in [0.5, 0.6) is 0 Å². The Morgan fingerprint density at radius 2 is 1.78 bits per heavy atom. The number of carbonyl (C=O) groups is 2. The van der Waals surface area contributed by atoms with Gasteiger partial charge in [0.1, 0.15) is 0 Å². The minimum atomic E-state index is -3.80. The zero-order chi connectivity index (χ0) is 23.5. The number of nitrogens with one attached hydrogen (secondary N) is 1. The molecule has 32 heavy (non-hydrogen) atoms. The predicted octanol–water partition coefficient (Wildman–Crippen LogP) is 3.25. The van der Waals surface area contributed by atoms with E-state index in [9.17, 15) is 18.0 Å². The monoisotopic (exact) mass is 525 g/mol. The van der Waals surface area contributed by atoms with Crippen molar-refractivity contribution in [2.24, 2.45) is 16.7 Å². The third kappa shape index (κ3) is 3.90. The van der Waals surface area contributed by atoms with Gasteiger partial charge in [-0.25, -0.2) is 8.42 Å². The molecular weight excluding hydrogens is 494 g/mol. The van der Waals surface area contributed by atoms with Gasteiger partial charge in [-0.2, -0.15) is 4.31 Å². The molecule has 1 aromatic rings. The number of piperazine rings is 1. The molecule has 2 unspecified atom stereocenters. The number of fused-ring (bicyclic) bond motifs is 2. The van der Waals surface area contributed by atoms with Crippen LogP contribution < -0.4 is 5.32 Å². The van der Waals surface area contributed by atoms with Crippen LogP contribution in [0, 0.1) is 16.7 Å². The first-order valence-corrected chi connectivity index (χ1v) is 13.5. The van der Waals surface area contributed by atoms with E-state index in [1.165, 1.54) is 23.7 Å². The van der Waals surface area contributed by atoms with Crippen LogP contribution >= 0.6 is 15.9 Å². The molecule has 0 spiro atoms. The number of rotatable bonds is 4. The highest BCUT2D eigenvalue weighted by Crippen LogP contribution is 2.62. The minimum absolute atomic E-state index is 0.0172. The molecular formula is C23H32BrN3O4S. The number of benzene rings is 1. The molecule has 1 saturated heterocycles. The Morgan fingerprint density at radius 3 is 2.34 bits per heavy atom. The molecule has 1 aliphatic heterocycles. The molecule has 176 valence electrons. The first kappa shape index (κ1) is 23.7.